The van der Waals surface area contributed by atoms with Crippen LogP contribution in [0.3, 0.4) is 0 Å². The SMILES string of the molecule is COc1ccc(CNC2CC(C)N(C3CC3)C2)c(OC)c1. The highest BCUT2D eigenvalue weighted by Crippen LogP contribution is 2.33. The highest BCUT2D eigenvalue weighted by atomic mass is 16.5. The number of nitrogens with zero attached hydrogens (tertiary/aromatic N) is 1. The fourth-order valence-corrected chi connectivity index (χ4v) is 3.37. The number of nitrogens with one attached hydrogen (secondary N) is 1. The van der Waals surface area contributed by atoms with Gasteiger partial charge >= 0.3 is 0 Å². The van der Waals surface area contributed by atoms with Crippen LogP contribution in [0.1, 0.15) is 31.7 Å². The zero-order valence-corrected chi connectivity index (χ0v) is 13.3. The molecule has 1 aliphatic heterocycles. The second kappa shape index (κ2) is 6.24. The molecule has 1 heterocycles. The van der Waals surface area contributed by atoms with Gasteiger partial charge in [-0.3, -0.25) is 4.90 Å². The average molecular weight is 290 g/mol. The topological polar surface area (TPSA) is 33.7 Å². The van der Waals surface area contributed by atoms with Crippen molar-refractivity contribution < 1.29 is 9.47 Å². The molecule has 1 saturated heterocycles. The molecule has 1 saturated carbocycles. The van der Waals surface area contributed by atoms with Crippen LogP contribution in [0.5, 0.6) is 11.5 Å². The molecule has 2 atom stereocenters. The maximum absolute atomic E-state index is 5.46. The largest absolute Gasteiger partial charge is 0.497 e. The van der Waals surface area contributed by atoms with Crippen molar-refractivity contribution in [1.82, 2.24) is 10.2 Å². The number of hydrogen-bond acceptors (Lipinski definition) is 4. The zero-order chi connectivity index (χ0) is 14.8. The van der Waals surface area contributed by atoms with E-state index in [0.29, 0.717) is 12.1 Å². The van der Waals surface area contributed by atoms with E-state index in [2.05, 4.69) is 23.2 Å². The highest BCUT2D eigenvalue weighted by Gasteiger charge is 2.38. The van der Waals surface area contributed by atoms with E-state index in [1.54, 1.807) is 14.2 Å². The molecule has 2 unspecified atom stereocenters. The Labute approximate surface area is 127 Å². The van der Waals surface area contributed by atoms with Crippen molar-refractivity contribution in [1.29, 1.82) is 0 Å². The molecule has 4 heteroatoms. The molecule has 1 N–H and O–H groups in total. The minimum absolute atomic E-state index is 0.590. The van der Waals surface area contributed by atoms with Gasteiger partial charge < -0.3 is 14.8 Å². The van der Waals surface area contributed by atoms with E-state index in [4.69, 9.17) is 9.47 Å². The standard InChI is InChI=1S/C17H26N2O2/c1-12-8-14(11-19(12)15-5-6-15)18-10-13-4-7-16(20-2)9-17(13)21-3/h4,7,9,12,14-15,18H,5-6,8,10-11H2,1-3H3. The fraction of sp³-hybridized carbons (Fsp3) is 0.647. The van der Waals surface area contributed by atoms with Crippen LogP contribution in [0.25, 0.3) is 0 Å². The van der Waals surface area contributed by atoms with Crippen LogP contribution < -0.4 is 14.8 Å². The van der Waals surface area contributed by atoms with Gasteiger partial charge in [0.2, 0.25) is 0 Å². The first-order valence-corrected chi connectivity index (χ1v) is 7.91. The molecule has 2 fully saturated rings. The highest BCUT2D eigenvalue weighted by molar-refractivity contribution is 5.40. The Hall–Kier alpha value is -1.26. The third-order valence-electron chi connectivity index (χ3n) is 4.71. The summed E-state index contributed by atoms with van der Waals surface area (Å²) in [5.74, 6) is 1.73. The molecule has 0 bridgehead atoms. The van der Waals surface area contributed by atoms with Gasteiger partial charge in [-0.1, -0.05) is 6.07 Å². The van der Waals surface area contributed by atoms with Gasteiger partial charge in [-0.25, -0.2) is 0 Å². The fourth-order valence-electron chi connectivity index (χ4n) is 3.37. The van der Waals surface area contributed by atoms with Gasteiger partial charge in [-0.05, 0) is 32.3 Å². The summed E-state index contributed by atoms with van der Waals surface area (Å²) in [6.07, 6.45) is 4.03. The van der Waals surface area contributed by atoms with Crippen LogP contribution in [-0.4, -0.2) is 43.8 Å². The first-order valence-electron chi connectivity index (χ1n) is 7.91. The third-order valence-corrected chi connectivity index (χ3v) is 4.71. The predicted molar refractivity (Wildman–Crippen MR) is 84.0 cm³/mol. The monoisotopic (exact) mass is 290 g/mol. The molecule has 116 valence electrons. The molecule has 1 aromatic rings. The van der Waals surface area contributed by atoms with Crippen molar-refractivity contribution in [2.45, 2.75) is 50.9 Å². The number of benzene rings is 1. The lowest BCUT2D eigenvalue weighted by Gasteiger charge is -2.20. The zero-order valence-electron chi connectivity index (χ0n) is 13.3. The van der Waals surface area contributed by atoms with Crippen molar-refractivity contribution in [2.75, 3.05) is 20.8 Å². The second-order valence-corrected chi connectivity index (χ2v) is 6.27. The summed E-state index contributed by atoms with van der Waals surface area (Å²) < 4.78 is 10.7. The maximum Gasteiger partial charge on any atom is 0.127 e. The molecule has 2 aliphatic rings. The smallest absolute Gasteiger partial charge is 0.127 e. The van der Waals surface area contributed by atoms with Crippen LogP contribution in [-0.2, 0) is 6.54 Å². The van der Waals surface area contributed by atoms with E-state index in [-0.39, 0.29) is 0 Å². The van der Waals surface area contributed by atoms with Gasteiger partial charge in [0, 0.05) is 42.8 Å². The van der Waals surface area contributed by atoms with E-state index in [1.165, 1.54) is 31.4 Å². The molecule has 0 aromatic heterocycles. The van der Waals surface area contributed by atoms with Gasteiger partial charge in [0.15, 0.2) is 0 Å². The summed E-state index contributed by atoms with van der Waals surface area (Å²) in [4.78, 5) is 2.67. The lowest BCUT2D eigenvalue weighted by Crippen LogP contribution is -2.33. The summed E-state index contributed by atoms with van der Waals surface area (Å²) >= 11 is 0. The Bertz CT molecular complexity index is 488. The van der Waals surface area contributed by atoms with Crippen molar-refractivity contribution in [2.24, 2.45) is 0 Å². The molecule has 0 amide bonds. The van der Waals surface area contributed by atoms with Crippen molar-refractivity contribution in [3.05, 3.63) is 23.8 Å². The van der Waals surface area contributed by atoms with Crippen molar-refractivity contribution in [3.8, 4) is 11.5 Å². The molecule has 0 radical (unpaired) electrons. The van der Waals surface area contributed by atoms with Gasteiger partial charge in [-0.2, -0.15) is 0 Å². The van der Waals surface area contributed by atoms with Crippen LogP contribution in [0.4, 0.5) is 0 Å². The summed E-state index contributed by atoms with van der Waals surface area (Å²) in [7, 11) is 3.39. The van der Waals surface area contributed by atoms with E-state index < -0.39 is 0 Å². The molecular formula is C17H26N2O2. The Morgan fingerprint density at radius 1 is 1.24 bits per heavy atom. The summed E-state index contributed by atoms with van der Waals surface area (Å²) in [6.45, 7) is 4.39. The lowest BCUT2D eigenvalue weighted by atomic mass is 10.1. The molecule has 1 aromatic carbocycles. The summed E-state index contributed by atoms with van der Waals surface area (Å²) in [5, 5.41) is 3.69. The molecular weight excluding hydrogens is 264 g/mol. The molecule has 0 spiro atoms. The second-order valence-electron chi connectivity index (χ2n) is 6.27. The minimum Gasteiger partial charge on any atom is -0.497 e. The van der Waals surface area contributed by atoms with Crippen LogP contribution in [0.15, 0.2) is 18.2 Å². The van der Waals surface area contributed by atoms with E-state index >= 15 is 0 Å². The molecule has 1 aliphatic carbocycles. The van der Waals surface area contributed by atoms with Gasteiger partial charge in [0.1, 0.15) is 11.5 Å². The Morgan fingerprint density at radius 2 is 2.05 bits per heavy atom. The van der Waals surface area contributed by atoms with E-state index in [9.17, 15) is 0 Å². The minimum atomic E-state index is 0.590. The normalized spacial score (nSPS) is 26.0. The summed E-state index contributed by atoms with van der Waals surface area (Å²) in [5.41, 5.74) is 1.19. The van der Waals surface area contributed by atoms with E-state index in [0.717, 1.165) is 24.1 Å². The third kappa shape index (κ3) is 3.33. The predicted octanol–water partition coefficient (Wildman–Crippen LogP) is 2.42. The van der Waals surface area contributed by atoms with Gasteiger partial charge in [0.05, 0.1) is 14.2 Å². The van der Waals surface area contributed by atoms with Crippen LogP contribution in [0.2, 0.25) is 0 Å². The van der Waals surface area contributed by atoms with Crippen molar-refractivity contribution in [3.63, 3.8) is 0 Å². The van der Waals surface area contributed by atoms with Gasteiger partial charge in [-0.15, -0.1) is 0 Å². The average Bonchev–Trinajstić information content (AvgIpc) is 3.28. The number of methoxy groups -OCH3 is 2. The maximum atomic E-state index is 5.46. The van der Waals surface area contributed by atoms with Crippen molar-refractivity contribution >= 4 is 0 Å². The molecule has 3 rings (SSSR count). The molecule has 21 heavy (non-hydrogen) atoms. The number of ether oxygens (including phenoxy) is 2. The van der Waals surface area contributed by atoms with E-state index in [1.807, 2.05) is 12.1 Å². The van der Waals surface area contributed by atoms with Crippen LogP contribution >= 0.6 is 0 Å². The summed E-state index contributed by atoms with van der Waals surface area (Å²) in [6, 6.07) is 8.20. The first-order chi connectivity index (χ1) is 10.2. The number of likely N-dealkylation sites (tertiary alicyclic amines) is 1. The van der Waals surface area contributed by atoms with Gasteiger partial charge in [0.25, 0.3) is 0 Å². The lowest BCUT2D eigenvalue weighted by molar-refractivity contribution is 0.255. The Balaban J connectivity index is 1.57. The number of hydrogen-bond donors (Lipinski definition) is 1. The first kappa shape index (κ1) is 14.7. The van der Waals surface area contributed by atoms with Crippen LogP contribution in [0, 0.1) is 0 Å². The number of rotatable bonds is 6. The quantitative estimate of drug-likeness (QED) is 0.872. The Morgan fingerprint density at radius 3 is 2.71 bits per heavy atom. The Kier molecular flexibility index (Phi) is 4.36. The molecule has 4 nitrogen and oxygen atoms in total.